The topological polar surface area (TPSA) is 38.1 Å². The van der Waals surface area contributed by atoms with Gasteiger partial charge in [-0.2, -0.15) is 0 Å². The lowest BCUT2D eigenvalue weighted by Crippen LogP contribution is -2.14. The summed E-state index contributed by atoms with van der Waals surface area (Å²) in [6, 6.07) is 2.12. The Morgan fingerprint density at radius 3 is 3.00 bits per heavy atom. The van der Waals surface area contributed by atoms with Crippen molar-refractivity contribution in [3.05, 3.63) is 27.5 Å². The van der Waals surface area contributed by atoms with Crippen LogP contribution in [0.15, 0.2) is 20.5 Å². The van der Waals surface area contributed by atoms with Gasteiger partial charge in [-0.1, -0.05) is 6.92 Å². The van der Waals surface area contributed by atoms with Crippen molar-refractivity contribution >= 4 is 27.3 Å². The van der Waals surface area contributed by atoms with E-state index in [1.54, 1.807) is 11.3 Å². The molecule has 3 nitrogen and oxygen atoms in total. The third-order valence-corrected chi connectivity index (χ3v) is 4.80. The molecule has 0 unspecified atom stereocenters. The van der Waals surface area contributed by atoms with Crippen molar-refractivity contribution < 1.29 is 4.42 Å². The lowest BCUT2D eigenvalue weighted by atomic mass is 10.3. The zero-order chi connectivity index (χ0) is 13.0. The maximum atomic E-state index is 5.77. The van der Waals surface area contributed by atoms with E-state index in [0.717, 1.165) is 46.2 Å². The van der Waals surface area contributed by atoms with Gasteiger partial charge in [0.15, 0.2) is 11.7 Å². The first-order valence-electron chi connectivity index (χ1n) is 6.12. The summed E-state index contributed by atoms with van der Waals surface area (Å²) in [6.07, 6.45) is 3.76. The van der Waals surface area contributed by atoms with E-state index in [1.807, 2.05) is 6.20 Å². The fourth-order valence-electron chi connectivity index (χ4n) is 1.66. The van der Waals surface area contributed by atoms with Gasteiger partial charge in [0.25, 0.3) is 0 Å². The summed E-state index contributed by atoms with van der Waals surface area (Å²) in [4.78, 5) is 5.46. The normalized spacial score (nSPS) is 11.1. The van der Waals surface area contributed by atoms with E-state index in [0.29, 0.717) is 0 Å². The van der Waals surface area contributed by atoms with Gasteiger partial charge in [0.1, 0.15) is 0 Å². The highest BCUT2D eigenvalue weighted by Crippen LogP contribution is 2.34. The molecule has 0 aliphatic rings. The second-order valence-electron chi connectivity index (χ2n) is 4.14. The number of rotatable bonds is 6. The summed E-state index contributed by atoms with van der Waals surface area (Å²) in [6.45, 7) is 6.22. The van der Waals surface area contributed by atoms with Crippen LogP contribution < -0.4 is 5.32 Å². The molecule has 0 spiro atoms. The molecule has 0 fully saturated rings. The van der Waals surface area contributed by atoms with Gasteiger partial charge in [-0.3, -0.25) is 0 Å². The number of halogens is 1. The second-order valence-corrected chi connectivity index (χ2v) is 6.51. The number of nitrogens with one attached hydrogen (secondary N) is 1. The van der Waals surface area contributed by atoms with E-state index < -0.39 is 0 Å². The van der Waals surface area contributed by atoms with Crippen LogP contribution in [0, 0.1) is 6.92 Å². The Morgan fingerprint density at radius 2 is 2.33 bits per heavy atom. The van der Waals surface area contributed by atoms with Crippen LogP contribution in [0.25, 0.3) is 10.6 Å². The Bertz CT molecular complexity index is 487. The summed E-state index contributed by atoms with van der Waals surface area (Å²) < 4.78 is 6.92. The van der Waals surface area contributed by atoms with E-state index in [9.17, 15) is 0 Å². The minimum atomic E-state index is 0.824. The van der Waals surface area contributed by atoms with Crippen LogP contribution >= 0.6 is 27.3 Å². The van der Waals surface area contributed by atoms with Gasteiger partial charge < -0.3 is 9.73 Å². The fraction of sp³-hybridized carbons (Fsp3) is 0.462. The molecule has 0 aliphatic heterocycles. The Kier molecular flexibility index (Phi) is 4.97. The van der Waals surface area contributed by atoms with Gasteiger partial charge in [-0.05, 0) is 54.0 Å². The highest BCUT2D eigenvalue weighted by atomic mass is 79.9. The number of oxazole rings is 1. The summed E-state index contributed by atoms with van der Waals surface area (Å²) in [7, 11) is 0. The van der Waals surface area contributed by atoms with Crippen LogP contribution in [0.2, 0.25) is 0 Å². The maximum Gasteiger partial charge on any atom is 0.194 e. The number of hydrogen-bond donors (Lipinski definition) is 1. The smallest absolute Gasteiger partial charge is 0.194 e. The SMILES string of the molecule is CCNCCCc1ncc(-c2cc(C)c(Br)s2)o1. The van der Waals surface area contributed by atoms with Crippen LogP contribution in [0.1, 0.15) is 24.8 Å². The summed E-state index contributed by atoms with van der Waals surface area (Å²) in [5.74, 6) is 1.69. The molecule has 2 aromatic heterocycles. The van der Waals surface area contributed by atoms with Crippen LogP contribution in [-0.4, -0.2) is 18.1 Å². The minimum Gasteiger partial charge on any atom is -0.440 e. The van der Waals surface area contributed by atoms with E-state index in [4.69, 9.17) is 4.42 Å². The molecule has 0 bridgehead atoms. The van der Waals surface area contributed by atoms with Crippen LogP contribution in [0.3, 0.4) is 0 Å². The van der Waals surface area contributed by atoms with Crippen molar-refractivity contribution in [1.29, 1.82) is 0 Å². The highest BCUT2D eigenvalue weighted by molar-refractivity contribution is 9.11. The molecule has 0 radical (unpaired) electrons. The first-order chi connectivity index (χ1) is 8.70. The molecular weight excluding hydrogens is 312 g/mol. The number of thiophene rings is 1. The van der Waals surface area contributed by atoms with Gasteiger partial charge in [0.2, 0.25) is 0 Å². The van der Waals surface area contributed by atoms with Crippen molar-refractivity contribution in [1.82, 2.24) is 10.3 Å². The molecule has 0 saturated heterocycles. The van der Waals surface area contributed by atoms with Crippen LogP contribution in [-0.2, 0) is 6.42 Å². The Morgan fingerprint density at radius 1 is 1.50 bits per heavy atom. The minimum absolute atomic E-state index is 0.824. The maximum absolute atomic E-state index is 5.77. The quantitative estimate of drug-likeness (QED) is 0.814. The molecule has 0 saturated carbocycles. The fourth-order valence-corrected chi connectivity index (χ4v) is 3.14. The van der Waals surface area contributed by atoms with Gasteiger partial charge in [0.05, 0.1) is 14.9 Å². The molecule has 18 heavy (non-hydrogen) atoms. The Hall–Kier alpha value is -0.650. The monoisotopic (exact) mass is 328 g/mol. The first-order valence-corrected chi connectivity index (χ1v) is 7.73. The molecule has 5 heteroatoms. The Labute approximate surface area is 120 Å². The molecule has 0 aliphatic carbocycles. The molecule has 2 heterocycles. The molecule has 0 amide bonds. The molecule has 0 aromatic carbocycles. The lowest BCUT2D eigenvalue weighted by Gasteiger charge is -1.98. The molecule has 2 rings (SSSR count). The summed E-state index contributed by atoms with van der Waals surface area (Å²) in [5, 5.41) is 3.29. The molecule has 2 aromatic rings. The first kappa shape index (κ1) is 13.8. The number of aromatic nitrogens is 1. The lowest BCUT2D eigenvalue weighted by molar-refractivity contribution is 0.494. The van der Waals surface area contributed by atoms with E-state index in [2.05, 4.69) is 46.1 Å². The zero-order valence-electron chi connectivity index (χ0n) is 10.6. The molecular formula is C13H17BrN2OS. The third-order valence-electron chi connectivity index (χ3n) is 2.65. The predicted molar refractivity (Wildman–Crippen MR) is 79.1 cm³/mol. The number of aryl methyl sites for hydroxylation is 2. The largest absolute Gasteiger partial charge is 0.440 e. The average molecular weight is 329 g/mol. The molecule has 98 valence electrons. The highest BCUT2D eigenvalue weighted by Gasteiger charge is 2.10. The van der Waals surface area contributed by atoms with Crippen molar-refractivity contribution in [2.45, 2.75) is 26.7 Å². The van der Waals surface area contributed by atoms with Crippen LogP contribution in [0.5, 0.6) is 0 Å². The summed E-state index contributed by atoms with van der Waals surface area (Å²) >= 11 is 5.21. The van der Waals surface area contributed by atoms with E-state index >= 15 is 0 Å². The third kappa shape index (κ3) is 3.43. The predicted octanol–water partition coefficient (Wildman–Crippen LogP) is 4.02. The van der Waals surface area contributed by atoms with Crippen molar-refractivity contribution in [2.24, 2.45) is 0 Å². The van der Waals surface area contributed by atoms with Crippen LogP contribution in [0.4, 0.5) is 0 Å². The molecule has 1 N–H and O–H groups in total. The van der Waals surface area contributed by atoms with Crippen molar-refractivity contribution in [2.75, 3.05) is 13.1 Å². The molecule has 0 atom stereocenters. The zero-order valence-corrected chi connectivity index (χ0v) is 13.0. The van der Waals surface area contributed by atoms with E-state index in [1.165, 1.54) is 5.56 Å². The van der Waals surface area contributed by atoms with Gasteiger partial charge >= 0.3 is 0 Å². The standard InChI is InChI=1S/C13H17BrN2OS/c1-3-15-6-4-5-12-16-8-10(17-12)11-7-9(2)13(14)18-11/h7-8,15H,3-6H2,1-2H3. The van der Waals surface area contributed by atoms with Crippen molar-refractivity contribution in [3.8, 4) is 10.6 Å². The van der Waals surface area contributed by atoms with Crippen molar-refractivity contribution in [3.63, 3.8) is 0 Å². The number of hydrogen-bond acceptors (Lipinski definition) is 4. The second kappa shape index (κ2) is 6.50. The Balaban J connectivity index is 1.97. The number of nitrogens with zero attached hydrogens (tertiary/aromatic N) is 1. The van der Waals surface area contributed by atoms with Gasteiger partial charge in [-0.15, -0.1) is 11.3 Å². The average Bonchev–Trinajstić information content (AvgIpc) is 2.93. The van der Waals surface area contributed by atoms with Gasteiger partial charge in [0, 0.05) is 6.42 Å². The van der Waals surface area contributed by atoms with E-state index in [-0.39, 0.29) is 0 Å². The van der Waals surface area contributed by atoms with Gasteiger partial charge in [-0.25, -0.2) is 4.98 Å². The summed E-state index contributed by atoms with van der Waals surface area (Å²) in [5.41, 5.74) is 1.24.